The van der Waals surface area contributed by atoms with Gasteiger partial charge >= 0.3 is 0 Å². The molecule has 2 aromatic rings. The molecule has 1 aromatic carbocycles. The highest BCUT2D eigenvalue weighted by Gasteiger charge is 2.34. The van der Waals surface area contributed by atoms with E-state index in [9.17, 15) is 4.39 Å². The Hall–Kier alpha value is -2.48. The van der Waals surface area contributed by atoms with Crippen molar-refractivity contribution in [1.29, 1.82) is 0 Å². The summed E-state index contributed by atoms with van der Waals surface area (Å²) in [5, 5.41) is 7.37. The van der Waals surface area contributed by atoms with Crippen LogP contribution in [0.25, 0.3) is 0 Å². The molecule has 2 saturated heterocycles. The quantitative estimate of drug-likeness (QED) is 0.404. The SMILES string of the molecule is Fc1ccc(C2(CNC(=S)Nc3nc(N4CCCCCC4)cc(N4CCCCCC4)n3)CCCCC2)cc1. The van der Waals surface area contributed by atoms with Crippen molar-refractivity contribution in [2.45, 2.75) is 88.9 Å². The number of nitrogens with one attached hydrogen (secondary N) is 2. The molecule has 3 aliphatic rings. The Morgan fingerprint density at radius 2 is 1.26 bits per heavy atom. The third-order valence-electron chi connectivity index (χ3n) is 8.64. The van der Waals surface area contributed by atoms with E-state index in [4.69, 9.17) is 22.2 Å². The van der Waals surface area contributed by atoms with E-state index >= 15 is 0 Å². The van der Waals surface area contributed by atoms with Crippen molar-refractivity contribution < 1.29 is 4.39 Å². The smallest absolute Gasteiger partial charge is 0.232 e. The number of nitrogens with zero attached hydrogens (tertiary/aromatic N) is 4. The summed E-state index contributed by atoms with van der Waals surface area (Å²) < 4.78 is 13.6. The predicted octanol–water partition coefficient (Wildman–Crippen LogP) is 6.57. The topological polar surface area (TPSA) is 56.3 Å². The second-order valence-electron chi connectivity index (χ2n) is 11.4. The lowest BCUT2D eigenvalue weighted by Gasteiger charge is -2.38. The molecule has 1 saturated carbocycles. The van der Waals surface area contributed by atoms with Gasteiger partial charge in [-0.2, -0.15) is 9.97 Å². The number of halogens is 1. The van der Waals surface area contributed by atoms with Gasteiger partial charge in [0.25, 0.3) is 0 Å². The Kier molecular flexibility index (Phi) is 9.31. The van der Waals surface area contributed by atoms with Gasteiger partial charge < -0.3 is 20.4 Å². The zero-order valence-corrected chi connectivity index (χ0v) is 23.5. The van der Waals surface area contributed by atoms with Crippen LogP contribution in [-0.2, 0) is 5.41 Å². The van der Waals surface area contributed by atoms with E-state index in [2.05, 4.69) is 26.5 Å². The highest BCUT2D eigenvalue weighted by atomic mass is 32.1. The molecule has 0 bridgehead atoms. The van der Waals surface area contributed by atoms with E-state index < -0.39 is 0 Å². The molecule has 0 atom stereocenters. The summed E-state index contributed by atoms with van der Waals surface area (Å²) >= 11 is 5.78. The van der Waals surface area contributed by atoms with Gasteiger partial charge in [-0.05, 0) is 68.4 Å². The first-order valence-electron chi connectivity index (χ1n) is 14.8. The van der Waals surface area contributed by atoms with Gasteiger partial charge in [0.05, 0.1) is 0 Å². The molecule has 206 valence electrons. The molecule has 0 unspecified atom stereocenters. The second-order valence-corrected chi connectivity index (χ2v) is 11.8. The molecule has 2 aliphatic heterocycles. The number of thiocarbonyl (C=S) groups is 1. The summed E-state index contributed by atoms with van der Waals surface area (Å²) in [7, 11) is 0. The highest BCUT2D eigenvalue weighted by Crippen LogP contribution is 2.39. The van der Waals surface area contributed by atoms with E-state index in [1.807, 2.05) is 12.1 Å². The molecule has 0 amide bonds. The van der Waals surface area contributed by atoms with E-state index in [0.29, 0.717) is 11.1 Å². The van der Waals surface area contributed by atoms with Crippen molar-refractivity contribution in [3.8, 4) is 0 Å². The van der Waals surface area contributed by atoms with Crippen LogP contribution in [0.2, 0.25) is 0 Å². The van der Waals surface area contributed by atoms with Gasteiger partial charge in [0.2, 0.25) is 5.95 Å². The minimum atomic E-state index is -0.188. The summed E-state index contributed by atoms with van der Waals surface area (Å²) in [6.07, 6.45) is 15.7. The van der Waals surface area contributed by atoms with Crippen LogP contribution in [0.15, 0.2) is 30.3 Å². The predicted molar refractivity (Wildman–Crippen MR) is 159 cm³/mol. The molecule has 1 aromatic heterocycles. The Bertz CT molecular complexity index is 1000. The van der Waals surface area contributed by atoms with Crippen molar-refractivity contribution in [2.75, 3.05) is 47.8 Å². The molecule has 38 heavy (non-hydrogen) atoms. The first-order chi connectivity index (χ1) is 18.6. The molecular formula is C30H43FN6S. The van der Waals surface area contributed by atoms with Gasteiger partial charge in [0.15, 0.2) is 5.11 Å². The zero-order chi connectivity index (χ0) is 26.2. The minimum absolute atomic E-state index is 0.0380. The lowest BCUT2D eigenvalue weighted by molar-refractivity contribution is 0.292. The van der Waals surface area contributed by atoms with Gasteiger partial charge in [-0.25, -0.2) is 4.39 Å². The number of anilines is 3. The molecule has 2 N–H and O–H groups in total. The van der Waals surface area contributed by atoms with Crippen LogP contribution in [0.3, 0.4) is 0 Å². The number of hydrogen-bond donors (Lipinski definition) is 2. The monoisotopic (exact) mass is 538 g/mol. The van der Waals surface area contributed by atoms with E-state index in [1.165, 1.54) is 76.2 Å². The van der Waals surface area contributed by atoms with Gasteiger partial charge in [-0.1, -0.05) is 57.1 Å². The lowest BCUT2D eigenvalue weighted by Crippen LogP contribution is -2.43. The van der Waals surface area contributed by atoms with Crippen LogP contribution in [0.4, 0.5) is 22.0 Å². The number of hydrogen-bond acceptors (Lipinski definition) is 5. The van der Waals surface area contributed by atoms with Crippen molar-refractivity contribution in [3.05, 3.63) is 41.7 Å². The standard InChI is InChI=1S/C30H43FN6S/c31-25-14-12-24(13-15-25)30(16-6-5-7-17-30)23-32-29(38)35-28-33-26(36-18-8-1-2-9-19-36)22-27(34-28)37-20-10-3-4-11-21-37/h12-15,22H,1-11,16-21,23H2,(H2,32,33,34,35,38). The Morgan fingerprint density at radius 3 is 1.79 bits per heavy atom. The van der Waals surface area contributed by atoms with Gasteiger partial charge in [0.1, 0.15) is 17.5 Å². The first kappa shape index (κ1) is 27.1. The van der Waals surface area contributed by atoms with Crippen LogP contribution < -0.4 is 20.4 Å². The Balaban J connectivity index is 1.32. The van der Waals surface area contributed by atoms with Crippen LogP contribution >= 0.6 is 12.2 Å². The zero-order valence-electron chi connectivity index (χ0n) is 22.7. The van der Waals surface area contributed by atoms with E-state index in [-0.39, 0.29) is 11.2 Å². The molecule has 5 rings (SSSR count). The molecular weight excluding hydrogens is 495 g/mol. The maximum absolute atomic E-state index is 13.6. The number of rotatable bonds is 6. The minimum Gasteiger partial charge on any atom is -0.361 e. The van der Waals surface area contributed by atoms with Crippen molar-refractivity contribution in [2.24, 2.45) is 0 Å². The van der Waals surface area contributed by atoms with E-state index in [0.717, 1.165) is 57.2 Å². The van der Waals surface area contributed by atoms with Gasteiger partial charge in [0, 0.05) is 44.2 Å². The number of aromatic nitrogens is 2. The fraction of sp³-hybridized carbons (Fsp3) is 0.633. The molecule has 3 fully saturated rings. The largest absolute Gasteiger partial charge is 0.361 e. The third kappa shape index (κ3) is 6.93. The molecule has 8 heteroatoms. The molecule has 3 heterocycles. The highest BCUT2D eigenvalue weighted by molar-refractivity contribution is 7.80. The summed E-state index contributed by atoms with van der Waals surface area (Å²) in [5.74, 6) is 2.39. The normalized spacial score (nSPS) is 20.3. The average Bonchev–Trinajstić information content (AvgIpc) is 3.39. The summed E-state index contributed by atoms with van der Waals surface area (Å²) in [6.45, 7) is 4.88. The maximum Gasteiger partial charge on any atom is 0.232 e. The Morgan fingerprint density at radius 1 is 0.763 bits per heavy atom. The van der Waals surface area contributed by atoms with Crippen LogP contribution in [0, 0.1) is 5.82 Å². The summed E-state index contributed by atoms with van der Waals surface area (Å²) in [4.78, 5) is 14.7. The molecule has 1 aliphatic carbocycles. The fourth-order valence-corrected chi connectivity index (χ4v) is 6.56. The van der Waals surface area contributed by atoms with Gasteiger partial charge in [-0.15, -0.1) is 0 Å². The van der Waals surface area contributed by atoms with Crippen LogP contribution in [-0.4, -0.2) is 47.8 Å². The third-order valence-corrected chi connectivity index (χ3v) is 8.89. The fourth-order valence-electron chi connectivity index (χ4n) is 6.40. The molecule has 6 nitrogen and oxygen atoms in total. The lowest BCUT2D eigenvalue weighted by atomic mass is 9.69. The Labute approximate surface area is 232 Å². The maximum atomic E-state index is 13.6. The van der Waals surface area contributed by atoms with E-state index in [1.54, 1.807) is 12.1 Å². The summed E-state index contributed by atoms with van der Waals surface area (Å²) in [6, 6.07) is 9.23. The average molecular weight is 539 g/mol. The number of benzene rings is 1. The van der Waals surface area contributed by atoms with Gasteiger partial charge in [-0.3, -0.25) is 0 Å². The van der Waals surface area contributed by atoms with Crippen molar-refractivity contribution in [3.63, 3.8) is 0 Å². The summed E-state index contributed by atoms with van der Waals surface area (Å²) in [5.41, 5.74) is 1.15. The van der Waals surface area contributed by atoms with Crippen molar-refractivity contribution in [1.82, 2.24) is 15.3 Å². The second kappa shape index (κ2) is 13.0. The van der Waals surface area contributed by atoms with Crippen LogP contribution in [0.5, 0.6) is 0 Å². The van der Waals surface area contributed by atoms with Crippen LogP contribution in [0.1, 0.15) is 89.0 Å². The molecule has 0 spiro atoms. The first-order valence-corrected chi connectivity index (χ1v) is 15.2. The molecule has 0 radical (unpaired) electrons. The van der Waals surface area contributed by atoms with Crippen molar-refractivity contribution >= 4 is 34.9 Å².